The van der Waals surface area contributed by atoms with E-state index in [0.717, 1.165) is 12.0 Å². The van der Waals surface area contributed by atoms with E-state index in [1.807, 2.05) is 6.92 Å². The summed E-state index contributed by atoms with van der Waals surface area (Å²) in [7, 11) is 1.31. The Kier molecular flexibility index (Phi) is 3.71. The van der Waals surface area contributed by atoms with Crippen LogP contribution in [0.1, 0.15) is 19.8 Å². The fourth-order valence-corrected chi connectivity index (χ4v) is 1.77. The predicted octanol–water partition coefficient (Wildman–Crippen LogP) is 1.15. The summed E-state index contributed by atoms with van der Waals surface area (Å²) >= 11 is 0. The second-order valence-electron chi connectivity index (χ2n) is 3.66. The highest BCUT2D eigenvalue weighted by Gasteiger charge is 2.31. The third-order valence-corrected chi connectivity index (χ3v) is 2.54. The number of hydrogen-bond donors (Lipinski definition) is 2. The van der Waals surface area contributed by atoms with E-state index in [1.165, 1.54) is 7.11 Å². The minimum absolute atomic E-state index is 0.363. The topological polar surface area (TPSA) is 75.6 Å². The van der Waals surface area contributed by atoms with Crippen LogP contribution in [0, 0.1) is 5.92 Å². The first kappa shape index (κ1) is 11.6. The number of hydrogen-bond acceptors (Lipinski definition) is 3. The normalized spacial score (nSPS) is 25.3. The number of rotatable bonds is 2. The Morgan fingerprint density at radius 3 is 2.80 bits per heavy atom. The van der Waals surface area contributed by atoms with Crippen LogP contribution in [0.15, 0.2) is 11.6 Å². The first-order valence-corrected chi connectivity index (χ1v) is 4.79. The van der Waals surface area contributed by atoms with Crippen molar-refractivity contribution in [3.63, 3.8) is 0 Å². The third kappa shape index (κ3) is 2.97. The fourth-order valence-electron chi connectivity index (χ4n) is 1.77. The summed E-state index contributed by atoms with van der Waals surface area (Å²) in [6.45, 7) is 1.92. The van der Waals surface area contributed by atoms with Crippen molar-refractivity contribution in [2.24, 2.45) is 5.92 Å². The highest BCUT2D eigenvalue weighted by molar-refractivity contribution is 5.75. The molecule has 0 bridgehead atoms. The Labute approximate surface area is 88.1 Å². The van der Waals surface area contributed by atoms with Gasteiger partial charge >= 0.3 is 12.1 Å². The van der Waals surface area contributed by atoms with Crippen LogP contribution in [0.5, 0.6) is 0 Å². The maximum atomic E-state index is 11.4. The van der Waals surface area contributed by atoms with Crippen LogP contribution in [0.4, 0.5) is 4.79 Å². The largest absolute Gasteiger partial charge is 0.469 e. The lowest BCUT2D eigenvalue weighted by Crippen LogP contribution is -2.43. The number of esters is 1. The molecular formula is C10H15NO4. The van der Waals surface area contributed by atoms with Gasteiger partial charge in [0.2, 0.25) is 0 Å². The molecule has 1 aliphatic carbocycles. The van der Waals surface area contributed by atoms with Crippen molar-refractivity contribution in [2.45, 2.75) is 25.8 Å². The summed E-state index contributed by atoms with van der Waals surface area (Å²) in [4.78, 5) is 21.9. The van der Waals surface area contributed by atoms with Gasteiger partial charge < -0.3 is 15.2 Å². The number of amides is 1. The van der Waals surface area contributed by atoms with Crippen molar-refractivity contribution >= 4 is 12.1 Å². The van der Waals surface area contributed by atoms with Crippen molar-refractivity contribution in [2.75, 3.05) is 7.11 Å². The van der Waals surface area contributed by atoms with Crippen LogP contribution in [0.2, 0.25) is 0 Å². The van der Waals surface area contributed by atoms with Gasteiger partial charge in [-0.3, -0.25) is 4.79 Å². The third-order valence-electron chi connectivity index (χ3n) is 2.54. The lowest BCUT2D eigenvalue weighted by molar-refractivity contribution is -0.146. The Balaban J connectivity index is 2.78. The van der Waals surface area contributed by atoms with Crippen molar-refractivity contribution in [3.05, 3.63) is 11.6 Å². The Bertz CT molecular complexity index is 298. The van der Waals surface area contributed by atoms with Gasteiger partial charge in [0.25, 0.3) is 0 Å². The van der Waals surface area contributed by atoms with Crippen LogP contribution >= 0.6 is 0 Å². The first-order chi connectivity index (χ1) is 7.04. The molecule has 15 heavy (non-hydrogen) atoms. The summed E-state index contributed by atoms with van der Waals surface area (Å²) in [6.07, 6.45) is 2.08. The molecule has 0 saturated carbocycles. The summed E-state index contributed by atoms with van der Waals surface area (Å²) in [6, 6.07) is -0.469. The molecule has 5 heteroatoms. The molecule has 84 valence electrons. The second-order valence-corrected chi connectivity index (χ2v) is 3.66. The zero-order chi connectivity index (χ0) is 11.4. The van der Waals surface area contributed by atoms with Crippen LogP contribution in [-0.2, 0) is 9.53 Å². The number of nitrogens with one attached hydrogen (secondary N) is 1. The van der Waals surface area contributed by atoms with Crippen LogP contribution in [0.25, 0.3) is 0 Å². The van der Waals surface area contributed by atoms with Gasteiger partial charge in [-0.05, 0) is 19.8 Å². The number of carbonyl (C=O) groups is 2. The van der Waals surface area contributed by atoms with E-state index in [1.54, 1.807) is 6.08 Å². The molecule has 2 unspecified atom stereocenters. The molecule has 5 nitrogen and oxygen atoms in total. The number of carboxylic acid groups (broad SMARTS) is 1. The zero-order valence-electron chi connectivity index (χ0n) is 8.82. The Morgan fingerprint density at radius 1 is 1.60 bits per heavy atom. The quantitative estimate of drug-likeness (QED) is 0.533. The van der Waals surface area contributed by atoms with Crippen molar-refractivity contribution < 1.29 is 19.4 Å². The highest BCUT2D eigenvalue weighted by atomic mass is 16.5. The Hall–Kier alpha value is -1.52. The van der Waals surface area contributed by atoms with E-state index >= 15 is 0 Å². The summed E-state index contributed by atoms with van der Waals surface area (Å²) < 4.78 is 4.64. The summed E-state index contributed by atoms with van der Waals surface area (Å²) in [5.41, 5.74) is 1.09. The van der Waals surface area contributed by atoms with Crippen molar-refractivity contribution in [1.29, 1.82) is 0 Å². The molecule has 0 spiro atoms. The van der Waals surface area contributed by atoms with E-state index in [0.29, 0.717) is 6.42 Å². The average Bonchev–Trinajstić information content (AvgIpc) is 2.16. The minimum atomic E-state index is -1.13. The maximum absolute atomic E-state index is 11.4. The number of ether oxygens (including phenoxy) is 1. The van der Waals surface area contributed by atoms with E-state index in [4.69, 9.17) is 5.11 Å². The van der Waals surface area contributed by atoms with Gasteiger partial charge in [0.1, 0.15) is 0 Å². The molecule has 0 aliphatic heterocycles. The molecular weight excluding hydrogens is 198 g/mol. The van der Waals surface area contributed by atoms with Gasteiger partial charge in [-0.15, -0.1) is 0 Å². The molecule has 1 rings (SSSR count). The average molecular weight is 213 g/mol. The second kappa shape index (κ2) is 4.82. The molecule has 0 aromatic rings. The number of methoxy groups -OCH3 is 1. The molecule has 0 fully saturated rings. The smallest absolute Gasteiger partial charge is 0.405 e. The number of carbonyl (C=O) groups excluding carboxylic acids is 1. The van der Waals surface area contributed by atoms with Crippen LogP contribution in [0.3, 0.4) is 0 Å². The van der Waals surface area contributed by atoms with Crippen molar-refractivity contribution in [1.82, 2.24) is 5.32 Å². The molecule has 0 saturated heterocycles. The van der Waals surface area contributed by atoms with E-state index in [-0.39, 0.29) is 5.97 Å². The van der Waals surface area contributed by atoms with Gasteiger partial charge in [-0.25, -0.2) is 4.79 Å². The van der Waals surface area contributed by atoms with Gasteiger partial charge in [-0.1, -0.05) is 11.6 Å². The van der Waals surface area contributed by atoms with Gasteiger partial charge in [0.05, 0.1) is 19.1 Å². The number of allylic oxidation sites excluding steroid dienone is 1. The maximum Gasteiger partial charge on any atom is 0.405 e. The summed E-state index contributed by atoms with van der Waals surface area (Å²) in [5.74, 6) is -0.771. The van der Waals surface area contributed by atoms with Gasteiger partial charge in [0.15, 0.2) is 0 Å². The lowest BCUT2D eigenvalue weighted by atomic mass is 9.86. The minimum Gasteiger partial charge on any atom is -0.469 e. The van der Waals surface area contributed by atoms with Gasteiger partial charge in [-0.2, -0.15) is 0 Å². The van der Waals surface area contributed by atoms with E-state index in [2.05, 4.69) is 10.1 Å². The van der Waals surface area contributed by atoms with E-state index in [9.17, 15) is 9.59 Å². The molecule has 1 aliphatic rings. The molecule has 2 atom stereocenters. The molecule has 2 N–H and O–H groups in total. The lowest BCUT2D eigenvalue weighted by Gasteiger charge is -2.27. The predicted molar refractivity (Wildman–Crippen MR) is 53.4 cm³/mol. The van der Waals surface area contributed by atoms with Crippen LogP contribution in [-0.4, -0.2) is 30.3 Å². The standard InChI is InChI=1S/C10H15NO4/c1-6-3-4-7(9(12)15-2)8(5-6)11-10(13)14/h5,7-8,11H,3-4H2,1-2H3,(H,13,14). The van der Waals surface area contributed by atoms with Gasteiger partial charge in [0, 0.05) is 0 Å². The monoisotopic (exact) mass is 213 g/mol. The summed E-state index contributed by atoms with van der Waals surface area (Å²) in [5, 5.41) is 10.9. The van der Waals surface area contributed by atoms with E-state index < -0.39 is 18.1 Å². The molecule has 1 amide bonds. The fraction of sp³-hybridized carbons (Fsp3) is 0.600. The molecule has 0 aromatic heterocycles. The SMILES string of the molecule is COC(=O)C1CCC(C)=CC1NC(=O)O. The van der Waals surface area contributed by atoms with Crippen LogP contribution < -0.4 is 5.32 Å². The first-order valence-electron chi connectivity index (χ1n) is 4.79. The zero-order valence-corrected chi connectivity index (χ0v) is 8.82. The molecule has 0 aromatic carbocycles. The highest BCUT2D eigenvalue weighted by Crippen LogP contribution is 2.24. The Morgan fingerprint density at radius 2 is 2.27 bits per heavy atom. The molecule has 0 heterocycles. The van der Waals surface area contributed by atoms with Crippen molar-refractivity contribution in [3.8, 4) is 0 Å². The molecule has 0 radical (unpaired) electrons.